The van der Waals surface area contributed by atoms with Crippen molar-refractivity contribution in [3.63, 3.8) is 0 Å². The first-order valence-corrected chi connectivity index (χ1v) is 9.26. The van der Waals surface area contributed by atoms with E-state index in [1.54, 1.807) is 54.9 Å². The van der Waals surface area contributed by atoms with Crippen LogP contribution in [0.2, 0.25) is 5.02 Å². The largest absolute Gasteiger partial charge is 0.379 e. The molecule has 1 amide bonds. The summed E-state index contributed by atoms with van der Waals surface area (Å²) in [6.45, 7) is 0.418. The van der Waals surface area contributed by atoms with E-state index in [1.807, 2.05) is 12.1 Å². The van der Waals surface area contributed by atoms with E-state index < -0.39 is 5.82 Å². The molecule has 2 aromatic heterocycles. The maximum atomic E-state index is 14.7. The fraction of sp³-hybridized carbons (Fsp3) is 0.0455. The van der Waals surface area contributed by atoms with Gasteiger partial charge < -0.3 is 10.6 Å². The number of nitrogens with one attached hydrogen (secondary N) is 2. The molecule has 0 unspecified atom stereocenters. The van der Waals surface area contributed by atoms with Crippen molar-refractivity contribution in [1.82, 2.24) is 9.97 Å². The number of hydrogen-bond acceptors (Lipinski definition) is 4. The molecule has 4 rings (SSSR count). The second kappa shape index (κ2) is 8.24. The molecule has 0 aliphatic rings. The number of pyridine rings is 2. The molecule has 4 aromatic rings. The minimum Gasteiger partial charge on any atom is -0.379 e. The SMILES string of the molecule is O=C(Nc1ccc(CNc2ccc3c(Cl)ccnc3c2F)cc1)c1ccncc1. The summed E-state index contributed by atoms with van der Waals surface area (Å²) in [5, 5.41) is 6.94. The number of carbonyl (C=O) groups is 1. The monoisotopic (exact) mass is 406 g/mol. The number of benzene rings is 2. The molecule has 5 nitrogen and oxygen atoms in total. The van der Waals surface area contributed by atoms with Gasteiger partial charge in [-0.05, 0) is 48.0 Å². The van der Waals surface area contributed by atoms with Gasteiger partial charge in [-0.3, -0.25) is 14.8 Å². The third kappa shape index (κ3) is 4.17. The van der Waals surface area contributed by atoms with Crippen LogP contribution in [0.1, 0.15) is 15.9 Å². The first kappa shape index (κ1) is 18.8. The van der Waals surface area contributed by atoms with Gasteiger partial charge in [0.05, 0.1) is 10.7 Å². The molecule has 144 valence electrons. The fourth-order valence-corrected chi connectivity index (χ4v) is 3.11. The summed E-state index contributed by atoms with van der Waals surface area (Å²) in [5.41, 5.74) is 2.72. The van der Waals surface area contributed by atoms with Gasteiger partial charge in [0.15, 0.2) is 5.82 Å². The zero-order valence-corrected chi connectivity index (χ0v) is 15.9. The Hall–Kier alpha value is -3.51. The smallest absolute Gasteiger partial charge is 0.255 e. The molecule has 2 aromatic carbocycles. The molecule has 0 saturated heterocycles. The van der Waals surface area contributed by atoms with Gasteiger partial charge in [-0.25, -0.2) is 4.39 Å². The highest BCUT2D eigenvalue weighted by Crippen LogP contribution is 2.28. The third-order valence-electron chi connectivity index (χ3n) is 4.44. The van der Waals surface area contributed by atoms with E-state index in [0.717, 1.165) is 5.56 Å². The lowest BCUT2D eigenvalue weighted by Gasteiger charge is -2.11. The number of carbonyl (C=O) groups excluding carboxylic acids is 1. The Morgan fingerprint density at radius 1 is 0.966 bits per heavy atom. The molecule has 0 aliphatic carbocycles. The van der Waals surface area contributed by atoms with E-state index in [0.29, 0.717) is 33.9 Å². The molecule has 0 bridgehead atoms. The lowest BCUT2D eigenvalue weighted by molar-refractivity contribution is 0.102. The molecule has 7 heteroatoms. The molecule has 0 fully saturated rings. The first-order chi connectivity index (χ1) is 14.1. The van der Waals surface area contributed by atoms with Crippen molar-refractivity contribution in [2.75, 3.05) is 10.6 Å². The van der Waals surface area contributed by atoms with Gasteiger partial charge in [-0.15, -0.1) is 0 Å². The molecule has 0 atom stereocenters. The van der Waals surface area contributed by atoms with E-state index in [-0.39, 0.29) is 11.4 Å². The highest BCUT2D eigenvalue weighted by molar-refractivity contribution is 6.35. The molecule has 0 spiro atoms. The molecule has 0 saturated carbocycles. The van der Waals surface area contributed by atoms with Gasteiger partial charge >= 0.3 is 0 Å². The van der Waals surface area contributed by atoms with E-state index in [9.17, 15) is 9.18 Å². The van der Waals surface area contributed by atoms with E-state index in [4.69, 9.17) is 11.6 Å². The van der Waals surface area contributed by atoms with Crippen LogP contribution in [-0.2, 0) is 6.54 Å². The first-order valence-electron chi connectivity index (χ1n) is 8.89. The van der Waals surface area contributed by atoms with E-state index in [1.165, 1.54) is 6.20 Å². The van der Waals surface area contributed by atoms with Gasteiger partial charge in [-0.2, -0.15) is 0 Å². The summed E-state index contributed by atoms with van der Waals surface area (Å²) in [6, 6.07) is 15.6. The summed E-state index contributed by atoms with van der Waals surface area (Å²) in [6.07, 6.45) is 4.62. The second-order valence-corrected chi connectivity index (χ2v) is 6.76. The Morgan fingerprint density at radius 2 is 1.72 bits per heavy atom. The van der Waals surface area contributed by atoms with E-state index >= 15 is 0 Å². The topological polar surface area (TPSA) is 66.9 Å². The van der Waals surface area contributed by atoms with Crippen LogP contribution in [0.3, 0.4) is 0 Å². The van der Waals surface area contributed by atoms with Gasteiger partial charge in [0.25, 0.3) is 5.91 Å². The summed E-state index contributed by atoms with van der Waals surface area (Å²) < 4.78 is 14.7. The number of hydrogen-bond donors (Lipinski definition) is 2. The highest BCUT2D eigenvalue weighted by atomic mass is 35.5. The fourth-order valence-electron chi connectivity index (χ4n) is 2.90. The van der Waals surface area contributed by atoms with Gasteiger partial charge in [0, 0.05) is 41.8 Å². The second-order valence-electron chi connectivity index (χ2n) is 6.36. The average Bonchev–Trinajstić information content (AvgIpc) is 2.75. The van der Waals surface area contributed by atoms with Crippen LogP contribution in [0, 0.1) is 5.82 Å². The number of halogens is 2. The van der Waals surface area contributed by atoms with Crippen LogP contribution < -0.4 is 10.6 Å². The van der Waals surface area contributed by atoms with Crippen LogP contribution in [0.25, 0.3) is 10.9 Å². The van der Waals surface area contributed by atoms with Crippen molar-refractivity contribution < 1.29 is 9.18 Å². The van der Waals surface area contributed by atoms with Crippen molar-refractivity contribution >= 4 is 39.8 Å². The Labute approximate surface area is 171 Å². The Balaban J connectivity index is 1.43. The Bertz CT molecular complexity index is 1170. The number of fused-ring (bicyclic) bond motifs is 1. The average molecular weight is 407 g/mol. The highest BCUT2D eigenvalue weighted by Gasteiger charge is 2.10. The van der Waals surface area contributed by atoms with Crippen LogP contribution in [-0.4, -0.2) is 15.9 Å². The van der Waals surface area contributed by atoms with Crippen LogP contribution >= 0.6 is 11.6 Å². The Morgan fingerprint density at radius 3 is 2.48 bits per heavy atom. The van der Waals surface area contributed by atoms with Crippen molar-refractivity contribution in [2.24, 2.45) is 0 Å². The zero-order chi connectivity index (χ0) is 20.2. The molecule has 0 radical (unpaired) electrons. The minimum absolute atomic E-state index is 0.206. The Kier molecular flexibility index (Phi) is 5.35. The number of amides is 1. The minimum atomic E-state index is -0.439. The number of aromatic nitrogens is 2. The van der Waals surface area contributed by atoms with Gasteiger partial charge in [0.1, 0.15) is 5.52 Å². The quantitative estimate of drug-likeness (QED) is 0.472. The lowest BCUT2D eigenvalue weighted by Crippen LogP contribution is -2.11. The lowest BCUT2D eigenvalue weighted by atomic mass is 10.1. The molecule has 2 N–H and O–H groups in total. The van der Waals surface area contributed by atoms with Crippen molar-refractivity contribution in [3.8, 4) is 0 Å². The molecule has 29 heavy (non-hydrogen) atoms. The van der Waals surface area contributed by atoms with Crippen LogP contribution in [0.5, 0.6) is 0 Å². The normalized spacial score (nSPS) is 10.7. The number of nitrogens with zero attached hydrogens (tertiary/aromatic N) is 2. The molecule has 0 aliphatic heterocycles. The van der Waals surface area contributed by atoms with Crippen LogP contribution in [0.4, 0.5) is 15.8 Å². The predicted octanol–water partition coefficient (Wildman–Crippen LogP) is 5.29. The van der Waals surface area contributed by atoms with Crippen molar-refractivity contribution in [2.45, 2.75) is 6.54 Å². The maximum Gasteiger partial charge on any atom is 0.255 e. The maximum absolute atomic E-state index is 14.7. The van der Waals surface area contributed by atoms with Gasteiger partial charge in [-0.1, -0.05) is 23.7 Å². The molecule has 2 heterocycles. The predicted molar refractivity (Wildman–Crippen MR) is 113 cm³/mol. The zero-order valence-electron chi connectivity index (χ0n) is 15.2. The van der Waals surface area contributed by atoms with Crippen molar-refractivity contribution in [1.29, 1.82) is 0 Å². The number of anilines is 2. The van der Waals surface area contributed by atoms with E-state index in [2.05, 4.69) is 20.6 Å². The number of rotatable bonds is 5. The third-order valence-corrected chi connectivity index (χ3v) is 4.76. The van der Waals surface area contributed by atoms with Gasteiger partial charge in [0.2, 0.25) is 0 Å². The summed E-state index contributed by atoms with van der Waals surface area (Å²) in [7, 11) is 0. The van der Waals surface area contributed by atoms with Crippen LogP contribution in [0.15, 0.2) is 73.2 Å². The summed E-state index contributed by atoms with van der Waals surface area (Å²) in [5.74, 6) is -0.645. The standard InChI is InChI=1S/C22H16ClFN4O/c23-18-9-12-26-21-17(18)5-6-19(20(21)24)27-13-14-1-3-16(4-2-14)28-22(29)15-7-10-25-11-8-15/h1-12,27H,13H2,(H,28,29). The molecular weight excluding hydrogens is 391 g/mol. The summed E-state index contributed by atoms with van der Waals surface area (Å²) in [4.78, 5) is 20.1. The molecular formula is C22H16ClFN4O. The summed E-state index contributed by atoms with van der Waals surface area (Å²) >= 11 is 6.08. The van der Waals surface area contributed by atoms with Crippen molar-refractivity contribution in [3.05, 3.63) is 95.2 Å².